The minimum absolute atomic E-state index is 0.162. The number of esters is 1. The summed E-state index contributed by atoms with van der Waals surface area (Å²) in [6.07, 6.45) is -7.26. The summed E-state index contributed by atoms with van der Waals surface area (Å²) in [6, 6.07) is 17.4. The molecule has 236 valence electrons. The van der Waals surface area contributed by atoms with E-state index in [1.807, 2.05) is 6.07 Å². The van der Waals surface area contributed by atoms with E-state index in [0.29, 0.717) is 16.7 Å². The molecule has 3 aliphatic carbocycles. The number of hydrogen-bond donors (Lipinski definition) is 5. The quantitative estimate of drug-likeness (QED) is 0.257. The molecule has 7 rings (SSSR count). The van der Waals surface area contributed by atoms with Gasteiger partial charge in [-0.2, -0.15) is 0 Å². The molecule has 0 amide bonds. The van der Waals surface area contributed by atoms with E-state index in [1.165, 1.54) is 6.92 Å². The molecule has 1 unspecified atom stereocenters. The number of benzene rings is 2. The van der Waals surface area contributed by atoms with Crippen molar-refractivity contribution in [2.75, 3.05) is 0 Å². The number of fused-ring (bicyclic) bond motifs is 2. The second-order valence-electron chi connectivity index (χ2n) is 13.8. The summed E-state index contributed by atoms with van der Waals surface area (Å²) in [4.78, 5) is 13.7. The summed E-state index contributed by atoms with van der Waals surface area (Å²) >= 11 is 0. The van der Waals surface area contributed by atoms with Crippen LogP contribution in [-0.4, -0.2) is 84.4 Å². The van der Waals surface area contributed by atoms with Crippen LogP contribution < -0.4 is 0 Å². The highest BCUT2D eigenvalue weighted by Crippen LogP contribution is 2.72. The molecule has 0 aromatic heterocycles. The Morgan fingerprint density at radius 1 is 0.955 bits per heavy atom. The molecular weight excluding hydrogens is 568 g/mol. The Labute approximate surface area is 255 Å². The molecule has 2 saturated heterocycles. The van der Waals surface area contributed by atoms with Crippen LogP contribution in [0.1, 0.15) is 50.0 Å². The van der Waals surface area contributed by atoms with E-state index in [1.54, 1.807) is 75.4 Å². The fourth-order valence-electron chi connectivity index (χ4n) is 9.33. The maximum atomic E-state index is 13.7. The van der Waals surface area contributed by atoms with Crippen LogP contribution >= 0.6 is 0 Å². The zero-order valence-corrected chi connectivity index (χ0v) is 25.2. The Bertz CT molecular complexity index is 1480. The monoisotopic (exact) mass is 608 g/mol. The lowest BCUT2D eigenvalue weighted by molar-refractivity contribution is -0.447. The first-order valence-corrected chi connectivity index (χ1v) is 15.2. The number of hydrogen-bond acceptors (Lipinski definition) is 10. The van der Waals surface area contributed by atoms with E-state index >= 15 is 0 Å². The van der Waals surface area contributed by atoms with Crippen molar-refractivity contribution in [2.24, 2.45) is 23.7 Å². The van der Waals surface area contributed by atoms with Gasteiger partial charge in [0, 0.05) is 23.3 Å². The smallest absolute Gasteiger partial charge is 0.338 e. The largest absolute Gasteiger partial charge is 0.455 e. The normalized spacial score (nSPS) is 50.4. The molecule has 5 N–H and O–H groups in total. The van der Waals surface area contributed by atoms with Crippen LogP contribution in [0, 0.1) is 23.7 Å². The third-order valence-electron chi connectivity index (χ3n) is 11.4. The molecule has 2 aliphatic heterocycles. The lowest BCUT2D eigenvalue weighted by Crippen LogP contribution is -2.77. The summed E-state index contributed by atoms with van der Waals surface area (Å²) in [5, 5.41) is 59.5. The number of aliphatic hydroxyl groups excluding tert-OH is 3. The van der Waals surface area contributed by atoms with Crippen molar-refractivity contribution in [1.82, 2.24) is 0 Å². The van der Waals surface area contributed by atoms with Crippen LogP contribution in [0.2, 0.25) is 0 Å². The first-order chi connectivity index (χ1) is 20.7. The van der Waals surface area contributed by atoms with E-state index in [9.17, 15) is 30.3 Å². The minimum Gasteiger partial charge on any atom is -0.455 e. The molecule has 2 heterocycles. The molecule has 44 heavy (non-hydrogen) atoms. The number of carbonyl (C=O) groups is 1. The molecule has 3 saturated carbocycles. The standard InChI is InChI=1S/C34H40O10/c1-17(2)32-26(41-28(37)20-12-8-6-9-13-20)19(4)33-22-16-18(3)24(35)31(22,40)29(38)30(5,39)25(36)23(33)27(32)42-34(43-32,44-33)21-14-10-7-11-15-21/h6-15,18-19,22-27,29,35-36,38-40H,1,16H2,2-5H3/t18-,19+,22+,23-,24-,25-,26-,27+,29+,30+,31+,32-,33-,34?/m0/s1. The molecule has 5 aliphatic rings. The number of aliphatic hydroxyl groups is 5. The lowest BCUT2D eigenvalue weighted by atomic mass is 9.52. The van der Waals surface area contributed by atoms with Gasteiger partial charge in [0.25, 0.3) is 0 Å². The van der Waals surface area contributed by atoms with E-state index in [-0.39, 0.29) is 6.42 Å². The Balaban J connectivity index is 1.52. The molecule has 2 aromatic carbocycles. The molecule has 0 spiro atoms. The maximum Gasteiger partial charge on any atom is 0.338 e. The minimum atomic E-state index is -2.32. The van der Waals surface area contributed by atoms with Gasteiger partial charge in [-0.1, -0.05) is 69.0 Å². The van der Waals surface area contributed by atoms with Gasteiger partial charge in [-0.05, 0) is 43.9 Å². The molecular formula is C34H40O10. The topological polar surface area (TPSA) is 155 Å². The highest BCUT2D eigenvalue weighted by atomic mass is 16.9. The predicted molar refractivity (Wildman–Crippen MR) is 155 cm³/mol. The van der Waals surface area contributed by atoms with Crippen molar-refractivity contribution in [1.29, 1.82) is 0 Å². The number of ether oxygens (including phenoxy) is 4. The fraction of sp³-hybridized carbons (Fsp3) is 0.559. The van der Waals surface area contributed by atoms with Crippen LogP contribution in [0.4, 0.5) is 0 Å². The molecule has 10 heteroatoms. The van der Waals surface area contributed by atoms with Crippen LogP contribution in [0.5, 0.6) is 0 Å². The molecule has 3 bridgehead atoms. The zero-order chi connectivity index (χ0) is 31.6. The van der Waals surface area contributed by atoms with Crippen molar-refractivity contribution in [2.45, 2.75) is 93.0 Å². The summed E-state index contributed by atoms with van der Waals surface area (Å²) in [5.74, 6) is -6.08. The second kappa shape index (κ2) is 9.43. The molecule has 2 aromatic rings. The summed E-state index contributed by atoms with van der Waals surface area (Å²) in [5.41, 5.74) is -6.66. The first kappa shape index (κ1) is 30.0. The van der Waals surface area contributed by atoms with Crippen molar-refractivity contribution in [3.8, 4) is 0 Å². The molecule has 10 nitrogen and oxygen atoms in total. The Morgan fingerprint density at radius 3 is 2.18 bits per heavy atom. The predicted octanol–water partition coefficient (Wildman–Crippen LogP) is 2.02. The summed E-state index contributed by atoms with van der Waals surface area (Å²) in [7, 11) is 0. The van der Waals surface area contributed by atoms with Gasteiger partial charge < -0.3 is 44.5 Å². The van der Waals surface area contributed by atoms with E-state index < -0.39 is 88.5 Å². The average Bonchev–Trinajstić information content (AvgIpc) is 3.40. The highest BCUT2D eigenvalue weighted by Gasteiger charge is 2.87. The van der Waals surface area contributed by atoms with Crippen molar-refractivity contribution in [3.05, 3.63) is 83.9 Å². The van der Waals surface area contributed by atoms with Crippen LogP contribution in [0.3, 0.4) is 0 Å². The molecule has 5 fully saturated rings. The van der Waals surface area contributed by atoms with Gasteiger partial charge in [0.15, 0.2) is 5.60 Å². The van der Waals surface area contributed by atoms with E-state index in [2.05, 4.69) is 6.58 Å². The Hall–Kier alpha value is -2.67. The van der Waals surface area contributed by atoms with Crippen molar-refractivity contribution in [3.63, 3.8) is 0 Å². The summed E-state index contributed by atoms with van der Waals surface area (Å²) in [6.45, 7) is 10.7. The fourth-order valence-corrected chi connectivity index (χ4v) is 9.33. The molecule has 14 atom stereocenters. The second-order valence-corrected chi connectivity index (χ2v) is 13.8. The number of carbonyl (C=O) groups excluding carboxylic acids is 1. The van der Waals surface area contributed by atoms with Gasteiger partial charge in [0.2, 0.25) is 0 Å². The van der Waals surface area contributed by atoms with Gasteiger partial charge in [0.05, 0.1) is 23.4 Å². The average molecular weight is 609 g/mol. The van der Waals surface area contributed by atoms with Crippen molar-refractivity contribution < 1.29 is 49.3 Å². The number of rotatable bonds is 4. The Kier molecular flexibility index (Phi) is 6.43. The molecule has 0 radical (unpaired) electrons. The van der Waals surface area contributed by atoms with Gasteiger partial charge in [-0.3, -0.25) is 0 Å². The third-order valence-corrected chi connectivity index (χ3v) is 11.4. The first-order valence-electron chi connectivity index (χ1n) is 15.2. The zero-order valence-electron chi connectivity index (χ0n) is 25.2. The van der Waals surface area contributed by atoms with E-state index in [4.69, 9.17) is 18.9 Å². The Morgan fingerprint density at radius 2 is 1.57 bits per heavy atom. The highest BCUT2D eigenvalue weighted by molar-refractivity contribution is 5.89. The maximum absolute atomic E-state index is 13.7. The van der Waals surface area contributed by atoms with Crippen LogP contribution in [0.15, 0.2) is 72.8 Å². The van der Waals surface area contributed by atoms with Crippen LogP contribution in [0.25, 0.3) is 0 Å². The van der Waals surface area contributed by atoms with Gasteiger partial charge in [-0.25, -0.2) is 4.79 Å². The summed E-state index contributed by atoms with van der Waals surface area (Å²) < 4.78 is 27.0. The van der Waals surface area contributed by atoms with Gasteiger partial charge in [-0.15, -0.1) is 0 Å². The van der Waals surface area contributed by atoms with Crippen LogP contribution in [-0.2, 0) is 24.9 Å². The SMILES string of the molecule is C=C(C)[C@@]12OC3(c4ccccc4)O[C@@H]1[C@@H]1[C@H](O)[C@@](C)(O)[C@@H](O)[C@@]4(O)[C@@H](C[C@H](C)[C@@H]4O)[C@@]1(O3)[C@H](C)[C@@H]2OC(=O)c1ccccc1. The van der Waals surface area contributed by atoms with Crippen molar-refractivity contribution >= 4 is 5.97 Å². The van der Waals surface area contributed by atoms with Gasteiger partial charge >= 0.3 is 11.9 Å². The van der Waals surface area contributed by atoms with Gasteiger partial charge in [0.1, 0.15) is 29.5 Å². The lowest BCUT2D eigenvalue weighted by Gasteiger charge is -2.62. The third kappa shape index (κ3) is 3.40. The van der Waals surface area contributed by atoms with E-state index in [0.717, 1.165) is 0 Å².